The first-order valence-corrected chi connectivity index (χ1v) is 10.3. The van der Waals surface area contributed by atoms with E-state index in [2.05, 4.69) is 24.4 Å². The van der Waals surface area contributed by atoms with Gasteiger partial charge in [0.15, 0.2) is 0 Å². The van der Waals surface area contributed by atoms with E-state index in [-0.39, 0.29) is 23.5 Å². The van der Waals surface area contributed by atoms with Crippen LogP contribution in [0.2, 0.25) is 0 Å². The molecule has 3 aliphatic rings. The average molecular weight is 370 g/mol. The van der Waals surface area contributed by atoms with E-state index in [4.69, 9.17) is 4.74 Å². The van der Waals surface area contributed by atoms with Crippen molar-refractivity contribution in [3.05, 3.63) is 35.4 Å². The number of aryl methyl sites for hydroxylation is 1. The van der Waals surface area contributed by atoms with E-state index in [1.807, 2.05) is 17.0 Å². The Kier molecular flexibility index (Phi) is 5.22. The lowest BCUT2D eigenvalue weighted by Gasteiger charge is -2.39. The molecule has 5 nitrogen and oxygen atoms in total. The van der Waals surface area contributed by atoms with Crippen molar-refractivity contribution in [1.29, 1.82) is 0 Å². The molecule has 5 heteroatoms. The summed E-state index contributed by atoms with van der Waals surface area (Å²) in [6.45, 7) is 4.30. The van der Waals surface area contributed by atoms with Crippen LogP contribution in [0.3, 0.4) is 0 Å². The maximum atomic E-state index is 12.6. The topological polar surface area (TPSA) is 58.6 Å². The third-order valence-corrected chi connectivity index (χ3v) is 6.31. The van der Waals surface area contributed by atoms with Crippen molar-refractivity contribution in [3.63, 3.8) is 0 Å². The number of carbonyl (C=O) groups excluding carboxylic acids is 2. The number of amides is 2. The lowest BCUT2D eigenvalue weighted by Crippen LogP contribution is -2.48. The molecule has 2 saturated heterocycles. The van der Waals surface area contributed by atoms with E-state index in [0.29, 0.717) is 12.3 Å². The van der Waals surface area contributed by atoms with Crippen molar-refractivity contribution in [2.45, 2.75) is 63.6 Å². The first-order chi connectivity index (χ1) is 13.0. The minimum Gasteiger partial charge on any atom is -0.362 e. The van der Waals surface area contributed by atoms with Crippen molar-refractivity contribution >= 4 is 11.8 Å². The Morgan fingerprint density at radius 1 is 1.11 bits per heavy atom. The van der Waals surface area contributed by atoms with Gasteiger partial charge in [-0.3, -0.25) is 9.59 Å². The summed E-state index contributed by atoms with van der Waals surface area (Å²) in [6.07, 6.45) is 6.02. The molecule has 1 aromatic carbocycles. The van der Waals surface area contributed by atoms with Gasteiger partial charge in [-0.05, 0) is 56.9 Å². The Balaban J connectivity index is 1.25. The summed E-state index contributed by atoms with van der Waals surface area (Å²) in [6, 6.07) is 8.16. The number of hydrogen-bond acceptors (Lipinski definition) is 3. The van der Waals surface area contributed by atoms with Gasteiger partial charge in [0.1, 0.15) is 6.10 Å². The molecule has 2 aliphatic heterocycles. The lowest BCUT2D eigenvalue weighted by molar-refractivity contribution is -0.145. The van der Waals surface area contributed by atoms with Gasteiger partial charge in [0.05, 0.1) is 12.0 Å². The fourth-order valence-electron chi connectivity index (χ4n) is 4.20. The number of nitrogens with one attached hydrogen (secondary N) is 1. The fourth-order valence-corrected chi connectivity index (χ4v) is 4.20. The molecule has 2 heterocycles. The number of likely N-dealkylation sites (tertiary alicyclic amines) is 1. The van der Waals surface area contributed by atoms with Gasteiger partial charge in [-0.15, -0.1) is 0 Å². The average Bonchev–Trinajstić information content (AvgIpc) is 3.42. The van der Waals surface area contributed by atoms with Crippen molar-refractivity contribution in [1.82, 2.24) is 10.2 Å². The molecule has 2 amide bonds. The monoisotopic (exact) mass is 370 g/mol. The maximum Gasteiger partial charge on any atom is 0.249 e. The second-order valence-electron chi connectivity index (χ2n) is 8.56. The van der Waals surface area contributed by atoms with Crippen LogP contribution in [0.25, 0.3) is 0 Å². The molecule has 0 radical (unpaired) electrons. The summed E-state index contributed by atoms with van der Waals surface area (Å²) in [5.74, 6) is 0.925. The highest BCUT2D eigenvalue weighted by molar-refractivity contribution is 5.81. The third-order valence-electron chi connectivity index (χ3n) is 6.31. The zero-order valence-corrected chi connectivity index (χ0v) is 16.2. The summed E-state index contributed by atoms with van der Waals surface area (Å²) in [5.41, 5.74) is 2.07. The number of rotatable bonds is 5. The van der Waals surface area contributed by atoms with Crippen molar-refractivity contribution in [2.24, 2.45) is 5.92 Å². The molecule has 1 aliphatic carbocycles. The van der Waals surface area contributed by atoms with Crippen LogP contribution in [0.15, 0.2) is 24.3 Å². The van der Waals surface area contributed by atoms with Crippen molar-refractivity contribution < 1.29 is 14.3 Å². The predicted molar refractivity (Wildman–Crippen MR) is 103 cm³/mol. The van der Waals surface area contributed by atoms with Gasteiger partial charge in [-0.1, -0.05) is 29.8 Å². The Labute approximate surface area is 161 Å². The number of hydrogen-bond donors (Lipinski definition) is 1. The highest BCUT2D eigenvalue weighted by Crippen LogP contribution is 2.39. The number of piperidine rings is 1. The molecule has 4 rings (SSSR count). The normalized spacial score (nSPS) is 24.2. The van der Waals surface area contributed by atoms with Gasteiger partial charge >= 0.3 is 0 Å². The van der Waals surface area contributed by atoms with Gasteiger partial charge in [0, 0.05) is 19.6 Å². The quantitative estimate of drug-likeness (QED) is 0.867. The van der Waals surface area contributed by atoms with E-state index in [9.17, 15) is 9.59 Å². The highest BCUT2D eigenvalue weighted by atomic mass is 16.5. The summed E-state index contributed by atoms with van der Waals surface area (Å²) in [7, 11) is 0. The van der Waals surface area contributed by atoms with Gasteiger partial charge in [-0.2, -0.15) is 0 Å². The Bertz CT molecular complexity index is 688. The third kappa shape index (κ3) is 4.52. The first-order valence-electron chi connectivity index (χ1n) is 10.3. The lowest BCUT2D eigenvalue weighted by atomic mass is 9.88. The molecule has 1 saturated carbocycles. The summed E-state index contributed by atoms with van der Waals surface area (Å²) < 4.78 is 6.21. The van der Waals surface area contributed by atoms with E-state index in [1.165, 1.54) is 18.4 Å². The smallest absolute Gasteiger partial charge is 0.249 e. The van der Waals surface area contributed by atoms with Crippen LogP contribution in [0.4, 0.5) is 0 Å². The SMILES string of the molecule is Cc1ccc(CC(=O)N2CCC3(CCC(C(=O)NCC4CC4)O3)CC2)cc1. The molecule has 0 aromatic heterocycles. The molecule has 1 aromatic rings. The minimum atomic E-state index is -0.307. The summed E-state index contributed by atoms with van der Waals surface area (Å²) in [5, 5.41) is 3.04. The molecular weight excluding hydrogens is 340 g/mol. The maximum absolute atomic E-state index is 12.6. The molecule has 27 heavy (non-hydrogen) atoms. The molecule has 3 fully saturated rings. The molecule has 1 unspecified atom stereocenters. The van der Waals surface area contributed by atoms with E-state index < -0.39 is 0 Å². The van der Waals surface area contributed by atoms with Gasteiger partial charge in [-0.25, -0.2) is 0 Å². The number of nitrogens with zero attached hydrogens (tertiary/aromatic N) is 1. The minimum absolute atomic E-state index is 0.0525. The van der Waals surface area contributed by atoms with E-state index in [1.54, 1.807) is 0 Å². The standard InChI is InChI=1S/C22H30N2O3/c1-16-2-4-17(5-3-16)14-20(25)24-12-10-22(11-13-24)9-8-19(27-22)21(26)23-15-18-6-7-18/h2-5,18-19H,6-15H2,1H3,(H,23,26). The second kappa shape index (κ2) is 7.63. The molecule has 1 spiro atoms. The number of benzene rings is 1. The van der Waals surface area contributed by atoms with Gasteiger partial charge in [0.25, 0.3) is 0 Å². The summed E-state index contributed by atoms with van der Waals surface area (Å²) in [4.78, 5) is 26.9. The van der Waals surface area contributed by atoms with Crippen molar-refractivity contribution in [2.75, 3.05) is 19.6 Å². The molecule has 146 valence electrons. The van der Waals surface area contributed by atoms with E-state index >= 15 is 0 Å². The van der Waals surface area contributed by atoms with E-state index in [0.717, 1.165) is 50.9 Å². The Hall–Kier alpha value is -1.88. The zero-order valence-electron chi connectivity index (χ0n) is 16.2. The highest BCUT2D eigenvalue weighted by Gasteiger charge is 2.45. The predicted octanol–water partition coefficient (Wildman–Crippen LogP) is 2.60. The second-order valence-corrected chi connectivity index (χ2v) is 8.56. The number of ether oxygens (including phenoxy) is 1. The Morgan fingerprint density at radius 2 is 1.81 bits per heavy atom. The zero-order chi connectivity index (χ0) is 18.9. The van der Waals surface area contributed by atoms with Crippen molar-refractivity contribution in [3.8, 4) is 0 Å². The van der Waals surface area contributed by atoms with Crippen LogP contribution < -0.4 is 5.32 Å². The van der Waals surface area contributed by atoms with Crippen LogP contribution in [-0.2, 0) is 20.7 Å². The largest absolute Gasteiger partial charge is 0.362 e. The number of carbonyl (C=O) groups is 2. The van der Waals surface area contributed by atoms with Crippen LogP contribution in [-0.4, -0.2) is 48.1 Å². The fraction of sp³-hybridized carbons (Fsp3) is 0.636. The van der Waals surface area contributed by atoms with Crippen LogP contribution >= 0.6 is 0 Å². The molecule has 1 atom stereocenters. The van der Waals surface area contributed by atoms with Gasteiger partial charge < -0.3 is 15.0 Å². The Morgan fingerprint density at radius 3 is 2.48 bits per heavy atom. The molecular formula is C22H30N2O3. The van der Waals surface area contributed by atoms with Gasteiger partial charge in [0.2, 0.25) is 11.8 Å². The molecule has 0 bridgehead atoms. The summed E-state index contributed by atoms with van der Waals surface area (Å²) >= 11 is 0. The first kappa shape index (κ1) is 18.5. The van der Waals surface area contributed by atoms with Crippen LogP contribution in [0.5, 0.6) is 0 Å². The molecule has 1 N–H and O–H groups in total. The van der Waals surface area contributed by atoms with Crippen LogP contribution in [0, 0.1) is 12.8 Å². The van der Waals surface area contributed by atoms with Crippen LogP contribution in [0.1, 0.15) is 49.7 Å².